The third kappa shape index (κ3) is 2.87. The van der Waals surface area contributed by atoms with Gasteiger partial charge >= 0.3 is 6.18 Å². The molecule has 0 N–H and O–H groups in total. The summed E-state index contributed by atoms with van der Waals surface area (Å²) in [6, 6.07) is 5.11. The fraction of sp³-hybridized carbons (Fsp3) is 0.273. The number of ether oxygens (including phenoxy) is 1. The van der Waals surface area contributed by atoms with E-state index < -0.39 is 11.7 Å². The van der Waals surface area contributed by atoms with Gasteiger partial charge in [-0.3, -0.25) is 0 Å². The Morgan fingerprint density at radius 1 is 1.31 bits per heavy atom. The molecule has 2 nitrogen and oxygen atoms in total. The lowest BCUT2D eigenvalue weighted by molar-refractivity contribution is -0.0680. The summed E-state index contributed by atoms with van der Waals surface area (Å²) in [6.07, 6.45) is -4.69. The maximum Gasteiger partial charge on any atom is 0.427 e. The maximum absolute atomic E-state index is 12.3. The number of benzene rings is 1. The topological polar surface area (TPSA) is 26.3 Å². The summed E-state index contributed by atoms with van der Waals surface area (Å²) in [5.74, 6) is 1.37. The number of rotatable bonds is 3. The summed E-state index contributed by atoms with van der Waals surface area (Å²) < 4.78 is 42.0. The van der Waals surface area contributed by atoms with E-state index in [0.717, 1.165) is 5.94 Å². The van der Waals surface area contributed by atoms with Crippen LogP contribution in [0.5, 0.6) is 5.75 Å². The fourth-order valence-corrected chi connectivity index (χ4v) is 1.16. The van der Waals surface area contributed by atoms with Crippen LogP contribution in [0, 0.1) is 0 Å². The quantitative estimate of drug-likeness (QED) is 0.746. The van der Waals surface area contributed by atoms with Crippen LogP contribution in [0.15, 0.2) is 24.3 Å². The first-order valence-corrected chi connectivity index (χ1v) is 4.54. The second kappa shape index (κ2) is 4.86. The van der Waals surface area contributed by atoms with Gasteiger partial charge in [0.25, 0.3) is 0 Å². The molecule has 86 valence electrons. The van der Waals surface area contributed by atoms with Crippen molar-refractivity contribution >= 4 is 11.5 Å². The first kappa shape index (κ1) is 12.3. The van der Waals surface area contributed by atoms with Gasteiger partial charge in [0.1, 0.15) is 17.3 Å². The molecule has 0 fully saturated rings. The first-order chi connectivity index (χ1) is 7.49. The number of carbonyl (C=O) groups excluding carboxylic acids is 1. The highest BCUT2D eigenvalue weighted by Gasteiger charge is 2.36. The van der Waals surface area contributed by atoms with E-state index in [0.29, 0.717) is 12.4 Å². The molecule has 0 heterocycles. The summed E-state index contributed by atoms with van der Waals surface area (Å²) in [7, 11) is 0. The first-order valence-electron chi connectivity index (χ1n) is 4.54. The molecule has 1 aromatic carbocycles. The van der Waals surface area contributed by atoms with E-state index in [1.807, 2.05) is 0 Å². The Hall–Kier alpha value is -1.74. The number of halogens is 3. The maximum atomic E-state index is 12.3. The Labute approximate surface area is 90.3 Å². The van der Waals surface area contributed by atoms with E-state index >= 15 is 0 Å². The molecular weight excluding hydrogens is 221 g/mol. The number of alkyl halides is 3. The van der Waals surface area contributed by atoms with Crippen molar-refractivity contribution in [3.8, 4) is 5.75 Å². The molecule has 0 saturated heterocycles. The van der Waals surface area contributed by atoms with E-state index in [4.69, 9.17) is 4.74 Å². The molecule has 0 atom stereocenters. The van der Waals surface area contributed by atoms with E-state index in [9.17, 15) is 18.0 Å². The Kier molecular flexibility index (Phi) is 3.74. The van der Waals surface area contributed by atoms with Gasteiger partial charge < -0.3 is 4.74 Å². The molecule has 16 heavy (non-hydrogen) atoms. The zero-order chi connectivity index (χ0) is 12.2. The van der Waals surface area contributed by atoms with E-state index in [-0.39, 0.29) is 5.56 Å². The third-order valence-electron chi connectivity index (χ3n) is 1.84. The van der Waals surface area contributed by atoms with Crippen molar-refractivity contribution < 1.29 is 22.7 Å². The van der Waals surface area contributed by atoms with Gasteiger partial charge in [0.05, 0.1) is 6.61 Å². The molecule has 0 aliphatic rings. The monoisotopic (exact) mass is 230 g/mol. The third-order valence-corrected chi connectivity index (χ3v) is 1.84. The standard InChI is InChI=1S/C11H9F3O2/c1-2-16-9-5-3-8(4-6-9)10(7-15)11(12,13)14/h3-6H,2H2,1H3. The summed E-state index contributed by atoms with van der Waals surface area (Å²) in [4.78, 5) is 10.2. The summed E-state index contributed by atoms with van der Waals surface area (Å²) in [5, 5.41) is 0. The van der Waals surface area contributed by atoms with Crippen molar-refractivity contribution in [1.82, 2.24) is 0 Å². The lowest BCUT2D eigenvalue weighted by atomic mass is 10.1. The van der Waals surface area contributed by atoms with E-state index in [1.165, 1.54) is 24.3 Å². The van der Waals surface area contributed by atoms with E-state index in [2.05, 4.69) is 0 Å². The highest BCUT2D eigenvalue weighted by molar-refractivity contribution is 5.90. The van der Waals surface area contributed by atoms with Gasteiger partial charge in [0.15, 0.2) is 0 Å². The number of allylic oxidation sites excluding steroid dienone is 1. The predicted octanol–water partition coefficient (Wildman–Crippen LogP) is 2.86. The highest BCUT2D eigenvalue weighted by Crippen LogP contribution is 2.32. The molecule has 0 saturated carbocycles. The van der Waals surface area contributed by atoms with Crippen molar-refractivity contribution in [3.05, 3.63) is 29.8 Å². The zero-order valence-corrected chi connectivity index (χ0v) is 8.47. The molecule has 0 aromatic heterocycles. The van der Waals surface area contributed by atoms with Gasteiger partial charge in [-0.25, -0.2) is 4.79 Å². The Morgan fingerprint density at radius 3 is 2.25 bits per heavy atom. The van der Waals surface area contributed by atoms with Crippen LogP contribution in [0.1, 0.15) is 12.5 Å². The van der Waals surface area contributed by atoms with Crippen molar-refractivity contribution in [2.75, 3.05) is 6.61 Å². The smallest absolute Gasteiger partial charge is 0.427 e. The molecule has 0 bridgehead atoms. The molecular formula is C11H9F3O2. The zero-order valence-electron chi connectivity index (χ0n) is 8.47. The van der Waals surface area contributed by atoms with Crippen molar-refractivity contribution in [1.29, 1.82) is 0 Å². The lowest BCUT2D eigenvalue weighted by Crippen LogP contribution is -2.11. The fourth-order valence-electron chi connectivity index (χ4n) is 1.16. The van der Waals surface area contributed by atoms with E-state index in [1.54, 1.807) is 6.92 Å². The van der Waals surface area contributed by atoms with Crippen LogP contribution in [0.4, 0.5) is 13.2 Å². The molecule has 0 unspecified atom stereocenters. The van der Waals surface area contributed by atoms with Crippen molar-refractivity contribution in [3.63, 3.8) is 0 Å². The van der Waals surface area contributed by atoms with Crippen LogP contribution in [0.3, 0.4) is 0 Å². The van der Waals surface area contributed by atoms with Gasteiger partial charge in [-0.15, -0.1) is 0 Å². The average Bonchev–Trinajstić information content (AvgIpc) is 2.20. The second-order valence-corrected chi connectivity index (χ2v) is 2.93. The number of hydrogen-bond acceptors (Lipinski definition) is 2. The Bertz CT molecular complexity index is 400. The second-order valence-electron chi connectivity index (χ2n) is 2.93. The van der Waals surface area contributed by atoms with Gasteiger partial charge in [0.2, 0.25) is 0 Å². The van der Waals surface area contributed by atoms with Crippen LogP contribution < -0.4 is 4.74 Å². The molecule has 0 spiro atoms. The number of hydrogen-bond donors (Lipinski definition) is 0. The molecule has 1 aromatic rings. The minimum absolute atomic E-state index is 0.217. The molecule has 0 radical (unpaired) electrons. The average molecular weight is 230 g/mol. The molecule has 0 aliphatic carbocycles. The minimum atomic E-state index is -4.69. The predicted molar refractivity (Wildman–Crippen MR) is 52.8 cm³/mol. The SMILES string of the molecule is CCOc1ccc(C(=C=O)C(F)(F)F)cc1. The Balaban J connectivity index is 3.01. The van der Waals surface area contributed by atoms with Gasteiger partial charge in [-0.05, 0) is 36.8 Å². The van der Waals surface area contributed by atoms with Crippen LogP contribution in [0.25, 0.3) is 5.57 Å². The summed E-state index contributed by atoms with van der Waals surface area (Å²) >= 11 is 0. The summed E-state index contributed by atoms with van der Waals surface area (Å²) in [6.45, 7) is 2.19. The molecule has 0 aliphatic heterocycles. The van der Waals surface area contributed by atoms with Crippen molar-refractivity contribution in [2.45, 2.75) is 13.1 Å². The molecule has 0 amide bonds. The minimum Gasteiger partial charge on any atom is -0.494 e. The Morgan fingerprint density at radius 2 is 1.88 bits per heavy atom. The van der Waals surface area contributed by atoms with Gasteiger partial charge in [-0.1, -0.05) is 0 Å². The highest BCUT2D eigenvalue weighted by atomic mass is 19.4. The normalized spacial score (nSPS) is 10.8. The van der Waals surface area contributed by atoms with Crippen LogP contribution in [-0.4, -0.2) is 18.7 Å². The molecule has 1 rings (SSSR count). The molecule has 5 heteroatoms. The summed E-state index contributed by atoms with van der Waals surface area (Å²) in [5.41, 5.74) is -1.53. The van der Waals surface area contributed by atoms with Gasteiger partial charge in [-0.2, -0.15) is 13.2 Å². The van der Waals surface area contributed by atoms with Crippen LogP contribution >= 0.6 is 0 Å². The largest absolute Gasteiger partial charge is 0.494 e. The lowest BCUT2D eigenvalue weighted by Gasteiger charge is -2.08. The van der Waals surface area contributed by atoms with Gasteiger partial charge in [0, 0.05) is 0 Å². The van der Waals surface area contributed by atoms with Crippen molar-refractivity contribution in [2.24, 2.45) is 0 Å². The van der Waals surface area contributed by atoms with Crippen LogP contribution in [-0.2, 0) is 4.79 Å². The van der Waals surface area contributed by atoms with Crippen LogP contribution in [0.2, 0.25) is 0 Å².